The van der Waals surface area contributed by atoms with Crippen LogP contribution in [0.25, 0.3) is 22.0 Å². The van der Waals surface area contributed by atoms with E-state index >= 15 is 0 Å². The zero-order chi connectivity index (χ0) is 21.4. The van der Waals surface area contributed by atoms with Gasteiger partial charge < -0.3 is 10.3 Å². The third-order valence-corrected chi connectivity index (χ3v) is 5.24. The van der Waals surface area contributed by atoms with E-state index in [2.05, 4.69) is 41.0 Å². The zero-order valence-corrected chi connectivity index (χ0v) is 17.3. The summed E-state index contributed by atoms with van der Waals surface area (Å²) in [5.74, 6) is 0.351. The standard InChI is InChI=1S/C20H21F3N4OS/c1-11-17(29-16(25-11)10-24-19(2,3)4)18-26-14(9-15(28)27-18)12-5-7-13(8-6-12)20(21,22)23/h5-9,24H,10H2,1-4H3,(H,26,27,28). The largest absolute Gasteiger partial charge is 0.416 e. The average molecular weight is 422 g/mol. The van der Waals surface area contributed by atoms with Gasteiger partial charge in [0.15, 0.2) is 5.82 Å². The lowest BCUT2D eigenvalue weighted by Crippen LogP contribution is -2.35. The van der Waals surface area contributed by atoms with E-state index in [0.717, 1.165) is 27.7 Å². The number of aryl methyl sites for hydroxylation is 1. The fraction of sp³-hybridized carbons (Fsp3) is 0.350. The lowest BCUT2D eigenvalue weighted by atomic mass is 10.1. The van der Waals surface area contributed by atoms with E-state index in [1.54, 1.807) is 0 Å². The van der Waals surface area contributed by atoms with Gasteiger partial charge in [0, 0.05) is 23.7 Å². The smallest absolute Gasteiger partial charge is 0.306 e. The van der Waals surface area contributed by atoms with Crippen molar-refractivity contribution in [2.45, 2.75) is 46.0 Å². The van der Waals surface area contributed by atoms with Gasteiger partial charge in [0.25, 0.3) is 5.56 Å². The van der Waals surface area contributed by atoms with Crippen molar-refractivity contribution in [3.63, 3.8) is 0 Å². The molecule has 5 nitrogen and oxygen atoms in total. The number of hydrogen-bond donors (Lipinski definition) is 2. The van der Waals surface area contributed by atoms with Crippen molar-refractivity contribution in [3.8, 4) is 22.0 Å². The van der Waals surface area contributed by atoms with Crippen LogP contribution < -0.4 is 10.9 Å². The molecule has 2 N–H and O–H groups in total. The van der Waals surface area contributed by atoms with Crippen molar-refractivity contribution in [2.24, 2.45) is 0 Å². The maximum absolute atomic E-state index is 12.8. The van der Waals surface area contributed by atoms with Gasteiger partial charge in [0.05, 0.1) is 21.8 Å². The predicted molar refractivity (Wildman–Crippen MR) is 108 cm³/mol. The number of benzene rings is 1. The number of H-pyrrole nitrogens is 1. The van der Waals surface area contributed by atoms with Crippen molar-refractivity contribution in [2.75, 3.05) is 0 Å². The van der Waals surface area contributed by atoms with Crippen LogP contribution in [-0.2, 0) is 12.7 Å². The van der Waals surface area contributed by atoms with E-state index in [1.165, 1.54) is 29.5 Å². The van der Waals surface area contributed by atoms with E-state index in [9.17, 15) is 18.0 Å². The highest BCUT2D eigenvalue weighted by molar-refractivity contribution is 7.15. The SMILES string of the molecule is Cc1nc(CNC(C)(C)C)sc1-c1nc(-c2ccc(C(F)(F)F)cc2)cc(=O)[nH]1. The molecule has 0 radical (unpaired) electrons. The first-order valence-corrected chi connectivity index (χ1v) is 9.75. The first-order valence-electron chi connectivity index (χ1n) is 8.93. The molecular weight excluding hydrogens is 401 g/mol. The van der Waals surface area contributed by atoms with E-state index in [1.807, 2.05) is 6.92 Å². The Kier molecular flexibility index (Phi) is 5.64. The lowest BCUT2D eigenvalue weighted by molar-refractivity contribution is -0.137. The summed E-state index contributed by atoms with van der Waals surface area (Å²) in [5, 5.41) is 4.22. The molecule has 0 amide bonds. The van der Waals surface area contributed by atoms with Gasteiger partial charge in [0.1, 0.15) is 5.01 Å². The summed E-state index contributed by atoms with van der Waals surface area (Å²) in [6.07, 6.45) is -4.41. The van der Waals surface area contributed by atoms with E-state index in [0.29, 0.717) is 23.6 Å². The van der Waals surface area contributed by atoms with Crippen LogP contribution in [0.2, 0.25) is 0 Å². The molecule has 9 heteroatoms. The molecule has 3 rings (SSSR count). The van der Waals surface area contributed by atoms with Gasteiger partial charge >= 0.3 is 6.18 Å². The molecule has 1 aromatic carbocycles. The number of nitrogens with one attached hydrogen (secondary N) is 2. The number of aromatic amines is 1. The first-order chi connectivity index (χ1) is 13.4. The van der Waals surface area contributed by atoms with Crippen LogP contribution >= 0.6 is 11.3 Å². The zero-order valence-electron chi connectivity index (χ0n) is 16.4. The second-order valence-corrected chi connectivity index (χ2v) is 8.76. The minimum absolute atomic E-state index is 0.0607. The summed E-state index contributed by atoms with van der Waals surface area (Å²) < 4.78 is 38.3. The van der Waals surface area contributed by atoms with Crippen LogP contribution in [0, 0.1) is 6.92 Å². The van der Waals surface area contributed by atoms with Crippen molar-refractivity contribution in [3.05, 3.63) is 57.0 Å². The van der Waals surface area contributed by atoms with Crippen LogP contribution in [0.15, 0.2) is 35.1 Å². The molecule has 154 valence electrons. The van der Waals surface area contributed by atoms with E-state index in [4.69, 9.17) is 0 Å². The maximum Gasteiger partial charge on any atom is 0.416 e. The molecule has 3 aromatic rings. The number of halogens is 3. The van der Waals surface area contributed by atoms with Crippen LogP contribution in [-0.4, -0.2) is 20.5 Å². The number of hydrogen-bond acceptors (Lipinski definition) is 5. The molecule has 0 fully saturated rings. The Balaban J connectivity index is 1.94. The molecule has 0 aliphatic heterocycles. The van der Waals surface area contributed by atoms with Crippen LogP contribution in [0.5, 0.6) is 0 Å². The first kappa shape index (κ1) is 21.2. The van der Waals surface area contributed by atoms with Gasteiger partial charge in [-0.3, -0.25) is 4.79 Å². The number of nitrogens with zero attached hydrogens (tertiary/aromatic N) is 2. The summed E-state index contributed by atoms with van der Waals surface area (Å²) in [7, 11) is 0. The second-order valence-electron chi connectivity index (χ2n) is 7.68. The molecule has 0 aliphatic carbocycles. The van der Waals surface area contributed by atoms with Gasteiger partial charge in [0.2, 0.25) is 0 Å². The number of aromatic nitrogens is 3. The summed E-state index contributed by atoms with van der Waals surface area (Å²) >= 11 is 1.42. The molecule has 29 heavy (non-hydrogen) atoms. The van der Waals surface area contributed by atoms with Crippen LogP contribution in [0.3, 0.4) is 0 Å². The molecule has 0 saturated carbocycles. The third-order valence-electron chi connectivity index (χ3n) is 4.08. The monoisotopic (exact) mass is 422 g/mol. The fourth-order valence-electron chi connectivity index (χ4n) is 2.63. The highest BCUT2D eigenvalue weighted by Gasteiger charge is 2.30. The predicted octanol–water partition coefficient (Wildman–Crippen LogP) is 4.78. The molecule has 2 aromatic heterocycles. The van der Waals surface area contributed by atoms with Gasteiger partial charge in [-0.05, 0) is 39.8 Å². The summed E-state index contributed by atoms with van der Waals surface area (Å²) in [5.41, 5.74) is 0.275. The third kappa shape index (κ3) is 5.30. The molecule has 0 spiro atoms. The minimum atomic E-state index is -4.41. The Morgan fingerprint density at radius 3 is 2.34 bits per heavy atom. The highest BCUT2D eigenvalue weighted by atomic mass is 32.1. The van der Waals surface area contributed by atoms with Gasteiger partial charge in [-0.2, -0.15) is 13.2 Å². The Bertz CT molecular complexity index is 1060. The summed E-state index contributed by atoms with van der Waals surface area (Å²) in [6, 6.07) is 5.85. The van der Waals surface area contributed by atoms with Gasteiger partial charge in [-0.1, -0.05) is 12.1 Å². The normalized spacial score (nSPS) is 12.4. The Morgan fingerprint density at radius 1 is 1.10 bits per heavy atom. The number of rotatable bonds is 4. The second kappa shape index (κ2) is 7.72. The molecular formula is C20H21F3N4OS. The average Bonchev–Trinajstić information content (AvgIpc) is 2.99. The Labute approximate surface area is 170 Å². The maximum atomic E-state index is 12.8. The lowest BCUT2D eigenvalue weighted by Gasteiger charge is -2.19. The highest BCUT2D eigenvalue weighted by Crippen LogP contribution is 2.31. The summed E-state index contributed by atoms with van der Waals surface area (Å²) in [4.78, 5) is 24.6. The molecule has 0 saturated heterocycles. The Hall–Kier alpha value is -2.52. The fourth-order valence-corrected chi connectivity index (χ4v) is 3.58. The van der Waals surface area contributed by atoms with E-state index in [-0.39, 0.29) is 11.1 Å². The topological polar surface area (TPSA) is 70.7 Å². The minimum Gasteiger partial charge on any atom is -0.306 e. The van der Waals surface area contributed by atoms with Crippen LogP contribution in [0.4, 0.5) is 13.2 Å². The molecule has 2 heterocycles. The molecule has 0 atom stereocenters. The van der Waals surface area contributed by atoms with E-state index < -0.39 is 11.7 Å². The quantitative estimate of drug-likeness (QED) is 0.635. The molecule has 0 bridgehead atoms. The van der Waals surface area contributed by atoms with Crippen molar-refractivity contribution in [1.29, 1.82) is 0 Å². The Morgan fingerprint density at radius 2 is 1.76 bits per heavy atom. The van der Waals surface area contributed by atoms with Gasteiger partial charge in [-0.25, -0.2) is 9.97 Å². The van der Waals surface area contributed by atoms with Crippen molar-refractivity contribution >= 4 is 11.3 Å². The molecule has 0 aliphatic rings. The summed E-state index contributed by atoms with van der Waals surface area (Å²) in [6.45, 7) is 8.58. The van der Waals surface area contributed by atoms with Crippen molar-refractivity contribution in [1.82, 2.24) is 20.3 Å². The van der Waals surface area contributed by atoms with Gasteiger partial charge in [-0.15, -0.1) is 11.3 Å². The number of alkyl halides is 3. The number of thiazole rings is 1. The molecule has 0 unspecified atom stereocenters. The van der Waals surface area contributed by atoms with Crippen molar-refractivity contribution < 1.29 is 13.2 Å². The van der Waals surface area contributed by atoms with Crippen LogP contribution in [0.1, 0.15) is 37.0 Å².